The van der Waals surface area contributed by atoms with Gasteiger partial charge in [0.15, 0.2) is 0 Å². The van der Waals surface area contributed by atoms with E-state index in [1.165, 1.54) is 12.8 Å². The van der Waals surface area contributed by atoms with E-state index in [4.69, 9.17) is 5.73 Å². The quantitative estimate of drug-likeness (QED) is 0.545. The van der Waals surface area contributed by atoms with Crippen LogP contribution >= 0.6 is 12.2 Å². The monoisotopic (exact) mass is 115 g/mol. The van der Waals surface area contributed by atoms with Crippen LogP contribution in [0.15, 0.2) is 0 Å². The number of thiocarbonyl (C=S) groups is 1. The molecule has 1 fully saturated rings. The molecule has 0 saturated heterocycles. The van der Waals surface area contributed by atoms with Gasteiger partial charge in [-0.05, 0) is 18.8 Å². The van der Waals surface area contributed by atoms with Crippen LogP contribution in [0.3, 0.4) is 0 Å². The molecule has 0 atom stereocenters. The summed E-state index contributed by atoms with van der Waals surface area (Å²) < 4.78 is 0. The lowest BCUT2D eigenvalue weighted by molar-refractivity contribution is 0.898. The summed E-state index contributed by atoms with van der Waals surface area (Å²) in [5, 5.41) is 0. The summed E-state index contributed by atoms with van der Waals surface area (Å²) in [4.78, 5) is 0.683. The fraction of sp³-hybridized carbons (Fsp3) is 0.800. The van der Waals surface area contributed by atoms with Crippen molar-refractivity contribution in [2.75, 3.05) is 0 Å². The van der Waals surface area contributed by atoms with Crippen molar-refractivity contribution in [3.05, 3.63) is 0 Å². The highest BCUT2D eigenvalue weighted by molar-refractivity contribution is 7.80. The van der Waals surface area contributed by atoms with Crippen molar-refractivity contribution in [3.8, 4) is 0 Å². The predicted octanol–water partition coefficient (Wildman–Crippen LogP) is 1.07. The molecule has 1 saturated carbocycles. The minimum Gasteiger partial charge on any atom is -0.393 e. The van der Waals surface area contributed by atoms with Gasteiger partial charge in [-0.15, -0.1) is 0 Å². The normalized spacial score (nSPS) is 19.4. The molecule has 0 unspecified atom stereocenters. The molecule has 0 spiro atoms. The Balaban J connectivity index is 2.08. The third-order valence-electron chi connectivity index (χ3n) is 1.19. The van der Waals surface area contributed by atoms with Gasteiger partial charge in [0.25, 0.3) is 0 Å². The van der Waals surface area contributed by atoms with Crippen molar-refractivity contribution in [2.24, 2.45) is 11.7 Å². The zero-order chi connectivity index (χ0) is 5.28. The molecule has 0 aliphatic heterocycles. The van der Waals surface area contributed by atoms with E-state index >= 15 is 0 Å². The highest BCUT2D eigenvalue weighted by atomic mass is 32.1. The molecule has 0 amide bonds. The first-order valence-electron chi connectivity index (χ1n) is 2.57. The molecule has 1 rings (SSSR count). The zero-order valence-corrected chi connectivity index (χ0v) is 5.00. The molecule has 0 aromatic heterocycles. The Labute approximate surface area is 48.9 Å². The van der Waals surface area contributed by atoms with Gasteiger partial charge in [-0.1, -0.05) is 12.2 Å². The molecule has 2 heteroatoms. The molecule has 2 N–H and O–H groups in total. The van der Waals surface area contributed by atoms with Crippen LogP contribution in [0.2, 0.25) is 0 Å². The second kappa shape index (κ2) is 1.78. The zero-order valence-electron chi connectivity index (χ0n) is 4.18. The molecule has 0 aromatic rings. The molecule has 0 aromatic carbocycles. The van der Waals surface area contributed by atoms with Crippen LogP contribution in [0.4, 0.5) is 0 Å². The molecule has 7 heavy (non-hydrogen) atoms. The molecule has 1 nitrogen and oxygen atoms in total. The summed E-state index contributed by atoms with van der Waals surface area (Å²) >= 11 is 4.69. The maximum Gasteiger partial charge on any atom is 0.0730 e. The summed E-state index contributed by atoms with van der Waals surface area (Å²) in [6.07, 6.45) is 3.67. The maximum absolute atomic E-state index is 5.26. The molecule has 0 radical (unpaired) electrons. The van der Waals surface area contributed by atoms with Gasteiger partial charge in [0.2, 0.25) is 0 Å². The van der Waals surface area contributed by atoms with E-state index in [1.807, 2.05) is 0 Å². The van der Waals surface area contributed by atoms with Crippen LogP contribution in [0.1, 0.15) is 19.3 Å². The van der Waals surface area contributed by atoms with Gasteiger partial charge in [0.05, 0.1) is 4.99 Å². The Kier molecular flexibility index (Phi) is 1.28. The first-order valence-corrected chi connectivity index (χ1v) is 2.98. The van der Waals surface area contributed by atoms with E-state index in [2.05, 4.69) is 12.2 Å². The number of rotatable bonds is 2. The minimum absolute atomic E-state index is 0.683. The lowest BCUT2D eigenvalue weighted by Gasteiger charge is -1.88. The van der Waals surface area contributed by atoms with Crippen molar-refractivity contribution in [1.82, 2.24) is 0 Å². The third kappa shape index (κ3) is 1.88. The van der Waals surface area contributed by atoms with Gasteiger partial charge in [-0.2, -0.15) is 0 Å². The van der Waals surface area contributed by atoms with Crippen LogP contribution in [0, 0.1) is 5.92 Å². The number of hydrogen-bond acceptors (Lipinski definition) is 1. The van der Waals surface area contributed by atoms with Crippen molar-refractivity contribution >= 4 is 17.2 Å². The topological polar surface area (TPSA) is 26.0 Å². The van der Waals surface area contributed by atoms with Crippen LogP contribution in [0.5, 0.6) is 0 Å². The van der Waals surface area contributed by atoms with E-state index in [9.17, 15) is 0 Å². The van der Waals surface area contributed by atoms with Gasteiger partial charge in [-0.25, -0.2) is 0 Å². The van der Waals surface area contributed by atoms with Crippen molar-refractivity contribution in [2.45, 2.75) is 19.3 Å². The van der Waals surface area contributed by atoms with Gasteiger partial charge < -0.3 is 5.73 Å². The summed E-state index contributed by atoms with van der Waals surface area (Å²) in [5.41, 5.74) is 5.26. The molecule has 0 heterocycles. The SMILES string of the molecule is NC(=S)CC1CC1. The smallest absolute Gasteiger partial charge is 0.0730 e. The third-order valence-corrected chi connectivity index (χ3v) is 1.35. The van der Waals surface area contributed by atoms with Gasteiger partial charge in [0.1, 0.15) is 0 Å². The Morgan fingerprint density at radius 2 is 2.29 bits per heavy atom. The summed E-state index contributed by atoms with van der Waals surface area (Å²) in [7, 11) is 0. The van der Waals surface area contributed by atoms with Crippen molar-refractivity contribution < 1.29 is 0 Å². The Morgan fingerprint density at radius 3 is 2.43 bits per heavy atom. The standard InChI is InChI=1S/C5H9NS/c6-5(7)3-4-1-2-4/h4H,1-3H2,(H2,6,7). The molecule has 1 aliphatic rings. The average molecular weight is 115 g/mol. The van der Waals surface area contributed by atoms with Crippen LogP contribution in [-0.2, 0) is 0 Å². The predicted molar refractivity (Wildman–Crippen MR) is 34.1 cm³/mol. The number of hydrogen-bond donors (Lipinski definition) is 1. The second-order valence-corrected chi connectivity index (χ2v) is 2.64. The highest BCUT2D eigenvalue weighted by Crippen LogP contribution is 2.31. The summed E-state index contributed by atoms with van der Waals surface area (Å²) in [6.45, 7) is 0. The van der Waals surface area contributed by atoms with Gasteiger partial charge in [-0.3, -0.25) is 0 Å². The fourth-order valence-corrected chi connectivity index (χ4v) is 0.842. The number of nitrogens with two attached hydrogens (primary N) is 1. The fourth-order valence-electron chi connectivity index (χ4n) is 0.606. The van der Waals surface area contributed by atoms with E-state index in [0.29, 0.717) is 4.99 Å². The second-order valence-electron chi connectivity index (χ2n) is 2.11. The minimum atomic E-state index is 0.683. The van der Waals surface area contributed by atoms with Crippen LogP contribution in [-0.4, -0.2) is 4.99 Å². The van der Waals surface area contributed by atoms with E-state index < -0.39 is 0 Å². The lowest BCUT2D eigenvalue weighted by Crippen LogP contribution is -2.07. The van der Waals surface area contributed by atoms with Gasteiger partial charge >= 0.3 is 0 Å². The lowest BCUT2D eigenvalue weighted by atomic mass is 10.3. The molecule has 0 bridgehead atoms. The summed E-state index contributed by atoms with van der Waals surface area (Å²) in [6, 6.07) is 0. The van der Waals surface area contributed by atoms with Crippen LogP contribution < -0.4 is 5.73 Å². The first-order chi connectivity index (χ1) is 3.29. The Bertz CT molecular complexity index is 86.1. The van der Waals surface area contributed by atoms with E-state index in [1.54, 1.807) is 0 Å². The van der Waals surface area contributed by atoms with Crippen molar-refractivity contribution in [3.63, 3.8) is 0 Å². The Morgan fingerprint density at radius 1 is 1.71 bits per heavy atom. The van der Waals surface area contributed by atoms with Gasteiger partial charge in [0, 0.05) is 6.42 Å². The molecule has 40 valence electrons. The largest absolute Gasteiger partial charge is 0.393 e. The van der Waals surface area contributed by atoms with E-state index in [-0.39, 0.29) is 0 Å². The molecular weight excluding hydrogens is 106 g/mol. The van der Waals surface area contributed by atoms with Crippen LogP contribution in [0.25, 0.3) is 0 Å². The molecular formula is C5H9NS. The highest BCUT2D eigenvalue weighted by Gasteiger charge is 2.21. The van der Waals surface area contributed by atoms with Crippen molar-refractivity contribution in [1.29, 1.82) is 0 Å². The maximum atomic E-state index is 5.26. The Hall–Kier alpha value is -0.110. The summed E-state index contributed by atoms with van der Waals surface area (Å²) in [5.74, 6) is 0.859. The molecule has 1 aliphatic carbocycles. The average Bonchev–Trinajstić information content (AvgIpc) is 2.17. The van der Waals surface area contributed by atoms with E-state index in [0.717, 1.165) is 12.3 Å². The first kappa shape index (κ1) is 5.04.